The standard InChI is InChI=1S/C27H38FN5O5/c1-7-13-31(5)20-15-18(28)12-11-17(20)16-29-24(35)21-22(34)25(36)33-14-9-8-10-19(23(33)30-21)32(6)26(37)38-27(2,3)4/h11-12,15,19,34H,7-10,13-14,16H2,1-6H3,(H,29,35). The largest absolute Gasteiger partial charge is 0.501 e. The lowest BCUT2D eigenvalue weighted by atomic mass is 10.1. The predicted molar refractivity (Wildman–Crippen MR) is 142 cm³/mol. The van der Waals surface area contributed by atoms with E-state index in [1.165, 1.54) is 21.6 Å². The third kappa shape index (κ3) is 6.62. The third-order valence-electron chi connectivity index (χ3n) is 6.40. The summed E-state index contributed by atoms with van der Waals surface area (Å²) < 4.78 is 20.7. The monoisotopic (exact) mass is 531 g/mol. The van der Waals surface area contributed by atoms with Crippen LogP contribution < -0.4 is 15.8 Å². The molecular formula is C27H38FN5O5. The Labute approximate surface area is 222 Å². The summed E-state index contributed by atoms with van der Waals surface area (Å²) in [5, 5.41) is 13.3. The summed E-state index contributed by atoms with van der Waals surface area (Å²) in [6.07, 6.45) is 2.15. The van der Waals surface area contributed by atoms with Gasteiger partial charge in [-0.3, -0.25) is 14.2 Å². The van der Waals surface area contributed by atoms with Gasteiger partial charge in [0.15, 0.2) is 5.69 Å². The van der Waals surface area contributed by atoms with Crippen LogP contribution in [0, 0.1) is 5.82 Å². The highest BCUT2D eigenvalue weighted by Gasteiger charge is 2.33. The average Bonchev–Trinajstić information content (AvgIpc) is 3.06. The van der Waals surface area contributed by atoms with Crippen LogP contribution in [0.15, 0.2) is 23.0 Å². The van der Waals surface area contributed by atoms with E-state index in [1.54, 1.807) is 33.9 Å². The van der Waals surface area contributed by atoms with Gasteiger partial charge in [0.1, 0.15) is 17.2 Å². The first-order valence-electron chi connectivity index (χ1n) is 12.9. The zero-order valence-electron chi connectivity index (χ0n) is 23.0. The number of amides is 2. The number of carbonyl (C=O) groups excluding carboxylic acids is 2. The Morgan fingerprint density at radius 3 is 2.63 bits per heavy atom. The summed E-state index contributed by atoms with van der Waals surface area (Å²) in [7, 11) is 3.40. The second kappa shape index (κ2) is 11.8. The van der Waals surface area contributed by atoms with E-state index in [9.17, 15) is 23.9 Å². The summed E-state index contributed by atoms with van der Waals surface area (Å²) in [4.78, 5) is 46.7. The average molecular weight is 532 g/mol. The van der Waals surface area contributed by atoms with Crippen molar-refractivity contribution in [2.75, 3.05) is 25.5 Å². The van der Waals surface area contributed by atoms with E-state index in [0.717, 1.165) is 6.42 Å². The number of ether oxygens (including phenoxy) is 1. The summed E-state index contributed by atoms with van der Waals surface area (Å²) in [5.41, 5.74) is -0.575. The Morgan fingerprint density at radius 1 is 1.26 bits per heavy atom. The van der Waals surface area contributed by atoms with Crippen molar-refractivity contribution in [3.05, 3.63) is 51.5 Å². The van der Waals surface area contributed by atoms with E-state index in [1.807, 2.05) is 18.9 Å². The van der Waals surface area contributed by atoms with Crippen LogP contribution in [-0.4, -0.2) is 57.8 Å². The highest BCUT2D eigenvalue weighted by atomic mass is 19.1. The predicted octanol–water partition coefficient (Wildman–Crippen LogP) is 3.96. The van der Waals surface area contributed by atoms with Crippen LogP contribution in [-0.2, 0) is 17.8 Å². The summed E-state index contributed by atoms with van der Waals surface area (Å²) in [5.74, 6) is -1.68. The number of fused-ring (bicyclic) bond motifs is 1. The maximum atomic E-state index is 13.9. The molecule has 0 saturated heterocycles. The number of hydrogen-bond acceptors (Lipinski definition) is 7. The van der Waals surface area contributed by atoms with Crippen LogP contribution in [0.1, 0.15) is 81.3 Å². The molecule has 0 bridgehead atoms. The molecular weight excluding hydrogens is 493 g/mol. The summed E-state index contributed by atoms with van der Waals surface area (Å²) in [6, 6.07) is 3.67. The molecule has 1 aromatic carbocycles. The molecule has 3 rings (SSSR count). The van der Waals surface area contributed by atoms with Gasteiger partial charge in [-0.2, -0.15) is 0 Å². The zero-order valence-corrected chi connectivity index (χ0v) is 23.0. The minimum absolute atomic E-state index is 0.0310. The number of benzene rings is 1. The normalized spacial score (nSPS) is 15.3. The molecule has 1 atom stereocenters. The Morgan fingerprint density at radius 2 is 1.97 bits per heavy atom. The Hall–Kier alpha value is -3.63. The Kier molecular flexibility index (Phi) is 9.01. The summed E-state index contributed by atoms with van der Waals surface area (Å²) >= 11 is 0. The van der Waals surface area contributed by atoms with Gasteiger partial charge in [0.2, 0.25) is 5.75 Å². The molecule has 11 heteroatoms. The fourth-order valence-corrected chi connectivity index (χ4v) is 4.51. The van der Waals surface area contributed by atoms with Gasteiger partial charge in [-0.15, -0.1) is 0 Å². The van der Waals surface area contributed by atoms with Crippen molar-refractivity contribution in [3.63, 3.8) is 0 Å². The Balaban J connectivity index is 1.93. The van der Waals surface area contributed by atoms with E-state index in [0.29, 0.717) is 43.6 Å². The lowest BCUT2D eigenvalue weighted by molar-refractivity contribution is 0.0202. The van der Waals surface area contributed by atoms with Gasteiger partial charge >= 0.3 is 6.09 Å². The number of nitrogens with zero attached hydrogens (tertiary/aromatic N) is 4. The van der Waals surface area contributed by atoms with Gasteiger partial charge in [-0.05, 0) is 64.2 Å². The van der Waals surface area contributed by atoms with Crippen LogP contribution in [0.25, 0.3) is 0 Å². The molecule has 0 fully saturated rings. The van der Waals surface area contributed by atoms with Gasteiger partial charge in [0, 0.05) is 39.4 Å². The molecule has 2 amide bonds. The van der Waals surface area contributed by atoms with Crippen LogP contribution in [0.5, 0.6) is 5.75 Å². The van der Waals surface area contributed by atoms with Crippen molar-refractivity contribution >= 4 is 17.7 Å². The van der Waals surface area contributed by atoms with Crippen LogP contribution in [0.3, 0.4) is 0 Å². The lowest BCUT2D eigenvalue weighted by Crippen LogP contribution is -2.39. The maximum Gasteiger partial charge on any atom is 0.410 e. The fraction of sp³-hybridized carbons (Fsp3) is 0.556. The topological polar surface area (TPSA) is 117 Å². The van der Waals surface area contributed by atoms with Crippen LogP contribution in [0.2, 0.25) is 0 Å². The first kappa shape index (κ1) is 28.9. The number of anilines is 1. The first-order chi connectivity index (χ1) is 17.8. The van der Waals surface area contributed by atoms with Crippen molar-refractivity contribution in [2.45, 2.75) is 78.1 Å². The number of aromatic nitrogens is 2. The quantitative estimate of drug-likeness (QED) is 0.556. The van der Waals surface area contributed by atoms with Gasteiger partial charge in [-0.1, -0.05) is 13.0 Å². The lowest BCUT2D eigenvalue weighted by Gasteiger charge is -2.30. The molecule has 2 heterocycles. The minimum Gasteiger partial charge on any atom is -0.501 e. The van der Waals surface area contributed by atoms with Crippen molar-refractivity contribution in [2.24, 2.45) is 0 Å². The SMILES string of the molecule is CCCN(C)c1cc(F)ccc1CNC(=O)c1nc2n(c(=O)c1O)CCCCC2N(C)C(=O)OC(C)(C)C. The van der Waals surface area contributed by atoms with Crippen LogP contribution >= 0.6 is 0 Å². The molecule has 0 saturated carbocycles. The molecule has 1 aliphatic rings. The number of carbonyl (C=O) groups is 2. The molecule has 38 heavy (non-hydrogen) atoms. The zero-order chi connectivity index (χ0) is 28.2. The molecule has 2 aromatic rings. The van der Waals surface area contributed by atoms with Crippen molar-refractivity contribution in [3.8, 4) is 5.75 Å². The molecule has 1 unspecified atom stereocenters. The second-order valence-corrected chi connectivity index (χ2v) is 10.6. The van der Waals surface area contributed by atoms with Crippen molar-refractivity contribution < 1.29 is 23.8 Å². The number of hydrogen-bond donors (Lipinski definition) is 2. The number of halogens is 1. The van der Waals surface area contributed by atoms with Crippen molar-refractivity contribution in [1.82, 2.24) is 19.8 Å². The summed E-state index contributed by atoms with van der Waals surface area (Å²) in [6.45, 7) is 8.32. The van der Waals surface area contributed by atoms with Gasteiger partial charge in [0.05, 0.1) is 6.04 Å². The Bertz CT molecular complexity index is 1240. The molecule has 1 aromatic heterocycles. The molecule has 10 nitrogen and oxygen atoms in total. The van der Waals surface area contributed by atoms with E-state index < -0.39 is 46.5 Å². The molecule has 0 radical (unpaired) electrons. The molecule has 1 aliphatic heterocycles. The molecule has 208 valence electrons. The maximum absolute atomic E-state index is 13.9. The second-order valence-electron chi connectivity index (χ2n) is 10.6. The van der Waals surface area contributed by atoms with Gasteiger partial charge < -0.3 is 25.0 Å². The van der Waals surface area contributed by atoms with Gasteiger partial charge in [-0.25, -0.2) is 14.2 Å². The van der Waals surface area contributed by atoms with Crippen molar-refractivity contribution in [1.29, 1.82) is 0 Å². The first-order valence-corrected chi connectivity index (χ1v) is 12.9. The minimum atomic E-state index is -0.755. The van der Waals surface area contributed by atoms with E-state index in [4.69, 9.17) is 4.74 Å². The fourth-order valence-electron chi connectivity index (χ4n) is 4.51. The third-order valence-corrected chi connectivity index (χ3v) is 6.40. The van der Waals surface area contributed by atoms with Crippen LogP contribution in [0.4, 0.5) is 14.9 Å². The van der Waals surface area contributed by atoms with Gasteiger partial charge in [0.25, 0.3) is 11.5 Å². The van der Waals surface area contributed by atoms with E-state index in [-0.39, 0.29) is 12.4 Å². The van der Waals surface area contributed by atoms with E-state index in [2.05, 4.69) is 10.3 Å². The molecule has 0 aliphatic carbocycles. The molecule has 2 N–H and O–H groups in total. The number of aromatic hydroxyl groups is 1. The highest BCUT2D eigenvalue weighted by molar-refractivity contribution is 5.94. The molecule has 0 spiro atoms. The number of rotatable bonds is 7. The smallest absolute Gasteiger partial charge is 0.410 e. The highest BCUT2D eigenvalue weighted by Crippen LogP contribution is 2.29. The van der Waals surface area contributed by atoms with E-state index >= 15 is 0 Å². The number of nitrogens with one attached hydrogen (secondary N) is 1.